The molecule has 8 heteroatoms. The summed E-state index contributed by atoms with van der Waals surface area (Å²) in [7, 11) is -8.50. The molecule has 1 saturated carbocycles. The third kappa shape index (κ3) is 4.49. The van der Waals surface area contributed by atoms with Gasteiger partial charge in [0.25, 0.3) is 0 Å². The Morgan fingerprint density at radius 1 is 0.952 bits per heavy atom. The molecule has 1 N–H and O–H groups in total. The van der Waals surface area contributed by atoms with Crippen molar-refractivity contribution in [1.29, 1.82) is 0 Å². The Morgan fingerprint density at radius 3 is 2.00 bits per heavy atom. The van der Waals surface area contributed by atoms with Crippen LogP contribution in [0.1, 0.15) is 32.1 Å². The first kappa shape index (κ1) is 16.4. The summed E-state index contributed by atoms with van der Waals surface area (Å²) in [6, 6.07) is 4.08. The summed E-state index contributed by atoms with van der Waals surface area (Å²) in [5.74, 6) is 0.346. The highest BCUT2D eigenvalue weighted by Crippen LogP contribution is 2.23. The Bertz CT molecular complexity index is 677. The zero-order valence-corrected chi connectivity index (χ0v) is 13.1. The fourth-order valence-electron chi connectivity index (χ4n) is 2.48. The molecule has 1 aliphatic rings. The largest absolute Gasteiger partial charge is 0.332 e. The van der Waals surface area contributed by atoms with Crippen molar-refractivity contribution in [2.24, 2.45) is 5.92 Å². The lowest BCUT2D eigenvalue weighted by atomic mass is 9.90. The van der Waals surface area contributed by atoms with E-state index in [4.69, 9.17) is 0 Å². The lowest BCUT2D eigenvalue weighted by Gasteiger charge is -2.21. The zero-order chi connectivity index (χ0) is 15.5. The monoisotopic (exact) mass is 335 g/mol. The first-order chi connectivity index (χ1) is 9.79. The van der Waals surface area contributed by atoms with E-state index in [-0.39, 0.29) is 4.90 Å². The minimum Gasteiger partial charge on any atom is -0.211 e. The molecule has 0 spiro atoms. The predicted molar refractivity (Wildman–Crippen MR) is 76.5 cm³/mol. The van der Waals surface area contributed by atoms with Crippen LogP contribution in [-0.4, -0.2) is 23.4 Å². The minimum absolute atomic E-state index is 0.0642. The van der Waals surface area contributed by atoms with Crippen molar-refractivity contribution in [3.05, 3.63) is 24.3 Å². The molecule has 1 aromatic rings. The van der Waals surface area contributed by atoms with Crippen LogP contribution in [-0.2, 0) is 20.2 Å². The van der Waals surface area contributed by atoms with Gasteiger partial charge in [-0.2, -0.15) is 8.42 Å². The Kier molecular flexibility index (Phi) is 5.00. The van der Waals surface area contributed by atoms with Crippen LogP contribution in [0.5, 0.6) is 0 Å². The standard InChI is InChI=1S/C13H18FNO4S2/c14-20(16,17)12-6-8-13(9-7-12)21(18,19)15-10-11-4-2-1-3-5-11/h6-9,11,15H,1-5,10H2. The minimum atomic E-state index is -4.81. The number of hydrogen-bond donors (Lipinski definition) is 1. The summed E-state index contributed by atoms with van der Waals surface area (Å²) < 4.78 is 60.8. The van der Waals surface area contributed by atoms with E-state index in [9.17, 15) is 20.7 Å². The SMILES string of the molecule is O=S(=O)(F)c1ccc(S(=O)(=O)NCC2CCCCC2)cc1. The lowest BCUT2D eigenvalue weighted by molar-refractivity contribution is 0.357. The summed E-state index contributed by atoms with van der Waals surface area (Å²) in [6.45, 7) is 0.380. The van der Waals surface area contributed by atoms with Gasteiger partial charge in [-0.3, -0.25) is 0 Å². The molecule has 0 saturated heterocycles. The second-order valence-electron chi connectivity index (χ2n) is 5.27. The maximum Gasteiger partial charge on any atom is 0.332 e. The van der Waals surface area contributed by atoms with Crippen LogP contribution in [0.3, 0.4) is 0 Å². The Hall–Kier alpha value is -0.990. The van der Waals surface area contributed by atoms with E-state index in [0.717, 1.165) is 49.9 Å². The molecular weight excluding hydrogens is 317 g/mol. The van der Waals surface area contributed by atoms with Gasteiger partial charge in [-0.15, -0.1) is 3.89 Å². The second kappa shape index (κ2) is 6.41. The van der Waals surface area contributed by atoms with Crippen LogP contribution >= 0.6 is 0 Å². The molecule has 1 aromatic carbocycles. The van der Waals surface area contributed by atoms with Gasteiger partial charge in [0.2, 0.25) is 10.0 Å². The summed E-state index contributed by atoms with van der Waals surface area (Å²) >= 11 is 0. The molecule has 0 aromatic heterocycles. The maximum absolute atomic E-state index is 12.7. The maximum atomic E-state index is 12.7. The van der Waals surface area contributed by atoms with Gasteiger partial charge < -0.3 is 0 Å². The van der Waals surface area contributed by atoms with E-state index < -0.39 is 25.1 Å². The molecule has 0 unspecified atom stereocenters. The summed E-state index contributed by atoms with van der Waals surface area (Å²) in [6.07, 6.45) is 5.47. The van der Waals surface area contributed by atoms with Gasteiger partial charge >= 0.3 is 10.2 Å². The number of hydrogen-bond acceptors (Lipinski definition) is 4. The zero-order valence-electron chi connectivity index (χ0n) is 11.5. The normalized spacial score (nSPS) is 17.8. The highest BCUT2D eigenvalue weighted by atomic mass is 32.3. The molecule has 0 bridgehead atoms. The highest BCUT2D eigenvalue weighted by molar-refractivity contribution is 7.89. The number of halogens is 1. The third-order valence-electron chi connectivity index (χ3n) is 3.70. The van der Waals surface area contributed by atoms with Gasteiger partial charge in [0, 0.05) is 6.54 Å². The predicted octanol–water partition coefficient (Wildman–Crippen LogP) is 2.20. The molecule has 0 heterocycles. The van der Waals surface area contributed by atoms with Gasteiger partial charge in [-0.05, 0) is 43.0 Å². The highest BCUT2D eigenvalue weighted by Gasteiger charge is 2.20. The van der Waals surface area contributed by atoms with Crippen LogP contribution in [0, 0.1) is 5.92 Å². The summed E-state index contributed by atoms with van der Waals surface area (Å²) in [5, 5.41) is 0. The van der Waals surface area contributed by atoms with E-state index >= 15 is 0 Å². The average molecular weight is 335 g/mol. The van der Waals surface area contributed by atoms with Crippen molar-refractivity contribution < 1.29 is 20.7 Å². The average Bonchev–Trinajstić information content (AvgIpc) is 2.46. The quantitative estimate of drug-likeness (QED) is 0.837. The summed E-state index contributed by atoms with van der Waals surface area (Å²) in [5.41, 5.74) is 0. The van der Waals surface area contributed by atoms with Crippen LogP contribution < -0.4 is 4.72 Å². The van der Waals surface area contributed by atoms with Crippen molar-refractivity contribution in [2.45, 2.75) is 41.9 Å². The molecule has 0 radical (unpaired) electrons. The molecule has 2 rings (SSSR count). The van der Waals surface area contributed by atoms with E-state index in [2.05, 4.69) is 4.72 Å². The van der Waals surface area contributed by atoms with Gasteiger partial charge in [0.05, 0.1) is 9.79 Å². The van der Waals surface area contributed by atoms with Crippen molar-refractivity contribution in [3.63, 3.8) is 0 Å². The molecule has 21 heavy (non-hydrogen) atoms. The molecule has 0 aliphatic heterocycles. The topological polar surface area (TPSA) is 80.3 Å². The third-order valence-corrected chi connectivity index (χ3v) is 5.98. The number of benzene rings is 1. The second-order valence-corrected chi connectivity index (χ2v) is 8.38. The molecule has 118 valence electrons. The van der Waals surface area contributed by atoms with Crippen LogP contribution in [0.4, 0.5) is 3.89 Å². The van der Waals surface area contributed by atoms with E-state index in [1.54, 1.807) is 0 Å². The molecule has 0 amide bonds. The number of nitrogens with one attached hydrogen (secondary N) is 1. The molecule has 0 atom stereocenters. The van der Waals surface area contributed by atoms with Gasteiger partial charge in [0.15, 0.2) is 0 Å². The Morgan fingerprint density at radius 2 is 1.48 bits per heavy atom. The van der Waals surface area contributed by atoms with Crippen LogP contribution in [0.2, 0.25) is 0 Å². The van der Waals surface area contributed by atoms with Gasteiger partial charge in [-0.1, -0.05) is 19.3 Å². The van der Waals surface area contributed by atoms with E-state index in [1.807, 2.05) is 0 Å². The Balaban J connectivity index is 2.05. The smallest absolute Gasteiger partial charge is 0.211 e. The number of sulfonamides is 1. The summed E-state index contributed by atoms with van der Waals surface area (Å²) in [4.78, 5) is -0.612. The molecule has 5 nitrogen and oxygen atoms in total. The van der Waals surface area contributed by atoms with Crippen molar-refractivity contribution >= 4 is 20.2 Å². The van der Waals surface area contributed by atoms with Crippen molar-refractivity contribution in [1.82, 2.24) is 4.72 Å². The van der Waals surface area contributed by atoms with Crippen molar-refractivity contribution in [2.75, 3.05) is 6.54 Å². The first-order valence-electron chi connectivity index (χ1n) is 6.83. The van der Waals surface area contributed by atoms with Crippen LogP contribution in [0.25, 0.3) is 0 Å². The van der Waals surface area contributed by atoms with E-state index in [1.165, 1.54) is 6.42 Å². The fourth-order valence-corrected chi connectivity index (χ4v) is 4.06. The Labute approximate surface area is 124 Å². The van der Waals surface area contributed by atoms with Gasteiger partial charge in [-0.25, -0.2) is 13.1 Å². The fraction of sp³-hybridized carbons (Fsp3) is 0.538. The van der Waals surface area contributed by atoms with Gasteiger partial charge in [0.1, 0.15) is 0 Å². The molecule has 1 fully saturated rings. The molecular formula is C13H18FNO4S2. The van der Waals surface area contributed by atoms with Crippen LogP contribution in [0.15, 0.2) is 34.1 Å². The van der Waals surface area contributed by atoms with Crippen molar-refractivity contribution in [3.8, 4) is 0 Å². The van der Waals surface area contributed by atoms with E-state index in [0.29, 0.717) is 12.5 Å². The number of rotatable bonds is 5. The first-order valence-corrected chi connectivity index (χ1v) is 9.70. The molecule has 1 aliphatic carbocycles. The lowest BCUT2D eigenvalue weighted by Crippen LogP contribution is -2.30.